The van der Waals surface area contributed by atoms with E-state index in [-0.39, 0.29) is 21.9 Å². The summed E-state index contributed by atoms with van der Waals surface area (Å²) in [7, 11) is -4.05. The van der Waals surface area contributed by atoms with Gasteiger partial charge >= 0.3 is 5.97 Å². The molecule has 2 aromatic heterocycles. The number of halogens is 1. The van der Waals surface area contributed by atoms with Gasteiger partial charge in [-0.3, -0.25) is 0 Å². The standard InChI is InChI=1S/C24H17FN2O4S2/c25-21-10-2-1-7-19(21)17-27(33(30,31)22-11-6-16-32-22)15-12-18-8-5-9-20(24(28)29)23(18)26-13-3-4-14-26/h1-11,13-14,16H,17H2,(H,28,29). The van der Waals surface area contributed by atoms with Gasteiger partial charge in [0.15, 0.2) is 0 Å². The fourth-order valence-electron chi connectivity index (χ4n) is 3.19. The molecule has 0 unspecified atom stereocenters. The van der Waals surface area contributed by atoms with Crippen molar-refractivity contribution in [3.8, 4) is 17.7 Å². The van der Waals surface area contributed by atoms with Crippen LogP contribution < -0.4 is 0 Å². The minimum absolute atomic E-state index is 0.0137. The van der Waals surface area contributed by atoms with E-state index >= 15 is 0 Å². The number of rotatable bonds is 6. The third-order valence-corrected chi connectivity index (χ3v) is 7.78. The number of para-hydroxylation sites is 1. The van der Waals surface area contributed by atoms with Gasteiger partial charge in [-0.25, -0.2) is 13.5 Å². The summed E-state index contributed by atoms with van der Waals surface area (Å²) in [5, 5.41) is 11.3. The summed E-state index contributed by atoms with van der Waals surface area (Å²) in [5.74, 6) is 1.11. The first kappa shape index (κ1) is 22.3. The molecule has 0 atom stereocenters. The van der Waals surface area contributed by atoms with Crippen LogP contribution >= 0.6 is 11.3 Å². The van der Waals surface area contributed by atoms with Crippen molar-refractivity contribution in [1.29, 1.82) is 0 Å². The molecular weight excluding hydrogens is 463 g/mol. The van der Waals surface area contributed by atoms with Gasteiger partial charge in [0.1, 0.15) is 10.0 Å². The number of aromatic carboxylic acids is 1. The van der Waals surface area contributed by atoms with Gasteiger partial charge in [0.2, 0.25) is 0 Å². The molecule has 0 fully saturated rings. The van der Waals surface area contributed by atoms with Crippen molar-refractivity contribution < 1.29 is 22.7 Å². The number of benzene rings is 2. The molecule has 0 aliphatic carbocycles. The second-order valence-electron chi connectivity index (χ2n) is 6.87. The van der Waals surface area contributed by atoms with Gasteiger partial charge in [0.25, 0.3) is 10.0 Å². The average Bonchev–Trinajstić information content (AvgIpc) is 3.52. The molecule has 0 spiro atoms. The summed E-state index contributed by atoms with van der Waals surface area (Å²) < 4.78 is 43.3. The van der Waals surface area contributed by atoms with Crippen LogP contribution in [0.2, 0.25) is 0 Å². The molecule has 0 amide bonds. The van der Waals surface area contributed by atoms with Crippen LogP contribution in [-0.2, 0) is 16.6 Å². The Hall–Kier alpha value is -3.87. The molecular formula is C24H17FN2O4S2. The van der Waals surface area contributed by atoms with Gasteiger partial charge < -0.3 is 9.67 Å². The smallest absolute Gasteiger partial charge is 0.337 e. The lowest BCUT2D eigenvalue weighted by Gasteiger charge is -2.17. The molecule has 2 aromatic carbocycles. The Balaban J connectivity index is 1.84. The fraction of sp³-hybridized carbons (Fsp3) is 0.0417. The quantitative estimate of drug-likeness (QED) is 0.324. The zero-order valence-electron chi connectivity index (χ0n) is 17.1. The van der Waals surface area contributed by atoms with Crippen LogP contribution in [0, 0.1) is 17.8 Å². The van der Waals surface area contributed by atoms with Gasteiger partial charge in [-0.2, -0.15) is 8.42 Å². The summed E-state index contributed by atoms with van der Waals surface area (Å²) in [6.45, 7) is -0.308. The molecule has 9 heteroatoms. The fourth-order valence-corrected chi connectivity index (χ4v) is 5.50. The van der Waals surface area contributed by atoms with Crippen molar-refractivity contribution in [1.82, 2.24) is 8.87 Å². The molecule has 6 nitrogen and oxygen atoms in total. The van der Waals surface area contributed by atoms with Crippen LogP contribution in [-0.4, -0.2) is 28.4 Å². The number of hydrogen-bond acceptors (Lipinski definition) is 4. The molecule has 0 aliphatic rings. The summed E-state index contributed by atoms with van der Waals surface area (Å²) in [6, 6.07) is 19.6. The summed E-state index contributed by atoms with van der Waals surface area (Å²) in [5.41, 5.74) is 0.796. The Labute approximate surface area is 194 Å². The Morgan fingerprint density at radius 2 is 1.79 bits per heavy atom. The number of carboxylic acids is 1. The molecule has 2 heterocycles. The minimum atomic E-state index is -4.05. The molecule has 0 aliphatic heterocycles. The highest BCUT2D eigenvalue weighted by Gasteiger charge is 2.24. The van der Waals surface area contributed by atoms with E-state index in [4.69, 9.17) is 0 Å². The average molecular weight is 481 g/mol. The Morgan fingerprint density at radius 3 is 2.45 bits per heavy atom. The normalized spacial score (nSPS) is 10.9. The van der Waals surface area contributed by atoms with Crippen molar-refractivity contribution in [2.24, 2.45) is 0 Å². The Morgan fingerprint density at radius 1 is 1.03 bits per heavy atom. The molecule has 0 saturated heterocycles. The maximum atomic E-state index is 14.3. The highest BCUT2D eigenvalue weighted by Crippen LogP contribution is 2.24. The Bertz CT molecular complexity index is 1450. The van der Waals surface area contributed by atoms with E-state index in [2.05, 4.69) is 12.0 Å². The van der Waals surface area contributed by atoms with Crippen LogP contribution in [0.25, 0.3) is 5.69 Å². The molecule has 0 saturated carbocycles. The largest absolute Gasteiger partial charge is 0.478 e. The molecule has 4 aromatic rings. The van der Waals surface area contributed by atoms with Crippen LogP contribution in [0.1, 0.15) is 21.5 Å². The topological polar surface area (TPSA) is 79.6 Å². The molecule has 166 valence electrons. The van der Waals surface area contributed by atoms with Gasteiger partial charge in [-0.15, -0.1) is 11.3 Å². The molecule has 4 rings (SSSR count). The zero-order valence-corrected chi connectivity index (χ0v) is 18.7. The maximum Gasteiger partial charge on any atom is 0.337 e. The van der Waals surface area contributed by atoms with Crippen LogP contribution in [0.15, 0.2) is 88.7 Å². The van der Waals surface area contributed by atoms with E-state index in [0.29, 0.717) is 11.3 Å². The van der Waals surface area contributed by atoms with Crippen molar-refractivity contribution >= 4 is 27.3 Å². The predicted octanol–water partition coefficient (Wildman–Crippen LogP) is 4.58. The molecule has 33 heavy (non-hydrogen) atoms. The van der Waals surface area contributed by atoms with Gasteiger partial charge in [0.05, 0.1) is 23.4 Å². The van der Waals surface area contributed by atoms with E-state index in [9.17, 15) is 22.7 Å². The van der Waals surface area contributed by atoms with E-state index in [0.717, 1.165) is 15.6 Å². The van der Waals surface area contributed by atoms with Gasteiger partial charge in [-0.05, 0) is 47.7 Å². The monoisotopic (exact) mass is 480 g/mol. The second-order valence-corrected chi connectivity index (χ2v) is 9.91. The van der Waals surface area contributed by atoms with Crippen LogP contribution in [0.3, 0.4) is 0 Å². The van der Waals surface area contributed by atoms with Gasteiger partial charge in [0, 0.05) is 24.0 Å². The predicted molar refractivity (Wildman–Crippen MR) is 123 cm³/mol. The van der Waals surface area contributed by atoms with Crippen LogP contribution in [0.5, 0.6) is 0 Å². The molecule has 0 bridgehead atoms. The lowest BCUT2D eigenvalue weighted by molar-refractivity contribution is 0.0697. The first-order valence-corrected chi connectivity index (χ1v) is 12.0. The number of hydrogen-bond donors (Lipinski definition) is 1. The number of aromatic nitrogens is 1. The Kier molecular flexibility index (Phi) is 6.31. The van der Waals surface area contributed by atoms with E-state index in [1.54, 1.807) is 52.7 Å². The minimum Gasteiger partial charge on any atom is -0.478 e. The third kappa shape index (κ3) is 4.67. The van der Waals surface area contributed by atoms with E-state index < -0.39 is 21.8 Å². The summed E-state index contributed by atoms with van der Waals surface area (Å²) in [4.78, 5) is 11.8. The molecule has 1 N–H and O–H groups in total. The SMILES string of the molecule is O=C(O)c1cccc(C#CN(Cc2ccccc2F)S(=O)(=O)c2cccs2)c1-n1cccc1. The van der Waals surface area contributed by atoms with Crippen molar-refractivity contribution in [3.05, 3.63) is 107 Å². The van der Waals surface area contributed by atoms with Gasteiger partial charge in [-0.1, -0.05) is 30.3 Å². The number of carbonyl (C=O) groups is 1. The second kappa shape index (κ2) is 9.32. The lowest BCUT2D eigenvalue weighted by Crippen LogP contribution is -2.26. The maximum absolute atomic E-state index is 14.3. The third-order valence-electron chi connectivity index (χ3n) is 4.76. The number of thiophene rings is 1. The summed E-state index contributed by atoms with van der Waals surface area (Å²) in [6.07, 6.45) is 3.35. The van der Waals surface area contributed by atoms with Crippen molar-refractivity contribution in [2.75, 3.05) is 0 Å². The lowest BCUT2D eigenvalue weighted by atomic mass is 10.1. The summed E-state index contributed by atoms with van der Waals surface area (Å²) >= 11 is 1.03. The zero-order chi connectivity index (χ0) is 23.4. The number of nitrogens with zero attached hydrogens (tertiary/aromatic N) is 2. The number of sulfonamides is 1. The van der Waals surface area contributed by atoms with E-state index in [1.165, 1.54) is 36.4 Å². The molecule has 0 radical (unpaired) electrons. The number of carboxylic acid groups (broad SMARTS) is 1. The first-order valence-electron chi connectivity index (χ1n) is 9.69. The highest BCUT2D eigenvalue weighted by atomic mass is 32.2. The van der Waals surface area contributed by atoms with Crippen molar-refractivity contribution in [2.45, 2.75) is 10.8 Å². The van der Waals surface area contributed by atoms with Crippen LogP contribution in [0.4, 0.5) is 4.39 Å². The highest BCUT2D eigenvalue weighted by molar-refractivity contribution is 7.91. The van der Waals surface area contributed by atoms with E-state index in [1.807, 2.05) is 0 Å². The first-order chi connectivity index (χ1) is 15.9. The van der Waals surface area contributed by atoms with Crippen molar-refractivity contribution in [3.63, 3.8) is 0 Å².